The highest BCUT2D eigenvalue weighted by atomic mass is 19.4. The van der Waals surface area contributed by atoms with Crippen molar-refractivity contribution in [1.29, 1.82) is 0 Å². The van der Waals surface area contributed by atoms with Crippen molar-refractivity contribution in [2.24, 2.45) is 0 Å². The number of anilines is 1. The number of rotatable bonds is 2. The number of nitrogens with zero attached hydrogens (tertiary/aromatic N) is 4. The van der Waals surface area contributed by atoms with Crippen molar-refractivity contribution in [2.75, 3.05) is 18.0 Å². The van der Waals surface area contributed by atoms with Crippen LogP contribution in [0.15, 0.2) is 30.7 Å². The number of fused-ring (bicyclic) bond motifs is 1. The summed E-state index contributed by atoms with van der Waals surface area (Å²) in [7, 11) is 0. The zero-order valence-corrected chi connectivity index (χ0v) is 12.6. The van der Waals surface area contributed by atoms with E-state index in [1.807, 2.05) is 0 Å². The highest BCUT2D eigenvalue weighted by Gasteiger charge is 2.32. The molecule has 0 radical (unpaired) electrons. The minimum Gasteiger partial charge on any atom is -0.341 e. The van der Waals surface area contributed by atoms with Gasteiger partial charge in [-0.15, -0.1) is 0 Å². The topological polar surface area (TPSA) is 57.7 Å². The van der Waals surface area contributed by atoms with E-state index in [4.69, 9.17) is 0 Å². The molecule has 0 atom stereocenters. The van der Waals surface area contributed by atoms with Crippen molar-refractivity contribution in [3.63, 3.8) is 0 Å². The second kappa shape index (κ2) is 5.47. The summed E-state index contributed by atoms with van der Waals surface area (Å²) in [6.45, 7) is 1.82. The minimum atomic E-state index is -4.43. The largest absolute Gasteiger partial charge is 0.416 e. The smallest absolute Gasteiger partial charge is 0.341 e. The summed E-state index contributed by atoms with van der Waals surface area (Å²) >= 11 is 0. The third-order valence-corrected chi connectivity index (χ3v) is 4.22. The van der Waals surface area contributed by atoms with Gasteiger partial charge in [-0.05, 0) is 30.5 Å². The molecule has 0 amide bonds. The minimum absolute atomic E-state index is 0.337. The molecule has 1 saturated heterocycles. The molecule has 1 aromatic carbocycles. The molecule has 8 heteroatoms. The van der Waals surface area contributed by atoms with E-state index in [2.05, 4.69) is 25.1 Å². The van der Waals surface area contributed by atoms with Crippen LogP contribution in [0, 0.1) is 0 Å². The summed E-state index contributed by atoms with van der Waals surface area (Å²) in [5.74, 6) is 0.617. The Morgan fingerprint density at radius 1 is 1.00 bits per heavy atom. The number of aromatic nitrogens is 4. The maximum atomic E-state index is 13.1. The predicted molar refractivity (Wildman–Crippen MR) is 83.6 cm³/mol. The first kappa shape index (κ1) is 14.9. The monoisotopic (exact) mass is 333 g/mol. The van der Waals surface area contributed by atoms with Gasteiger partial charge in [0.15, 0.2) is 0 Å². The SMILES string of the molecule is FC(F)(F)c1cc(-c2cnc(N3CCCC3)nc2)c2cn[nH]c2c1. The van der Waals surface area contributed by atoms with Gasteiger partial charge in [-0.3, -0.25) is 5.10 Å². The third kappa shape index (κ3) is 2.57. The van der Waals surface area contributed by atoms with Crippen LogP contribution in [0.25, 0.3) is 22.0 Å². The van der Waals surface area contributed by atoms with E-state index in [9.17, 15) is 13.2 Å². The lowest BCUT2D eigenvalue weighted by molar-refractivity contribution is -0.137. The number of hydrogen-bond acceptors (Lipinski definition) is 4. The van der Waals surface area contributed by atoms with Crippen LogP contribution in [-0.2, 0) is 6.18 Å². The van der Waals surface area contributed by atoms with Crippen molar-refractivity contribution in [3.05, 3.63) is 36.3 Å². The number of halogens is 3. The molecule has 1 aliphatic heterocycles. The Balaban J connectivity index is 1.79. The standard InChI is InChI=1S/C16H14F3N5/c17-16(18,19)11-5-12(13-9-22-23-14(13)6-11)10-7-20-15(21-8-10)24-3-1-2-4-24/h5-9H,1-4H2,(H,22,23). The normalized spacial score (nSPS) is 15.4. The maximum Gasteiger partial charge on any atom is 0.416 e. The zero-order valence-electron chi connectivity index (χ0n) is 12.6. The number of hydrogen-bond donors (Lipinski definition) is 1. The Kier molecular flexibility index (Phi) is 3.40. The van der Waals surface area contributed by atoms with Gasteiger partial charge in [0.25, 0.3) is 0 Å². The Morgan fingerprint density at radius 2 is 1.71 bits per heavy atom. The summed E-state index contributed by atoms with van der Waals surface area (Å²) in [5, 5.41) is 7.06. The van der Waals surface area contributed by atoms with Crippen LogP contribution >= 0.6 is 0 Å². The van der Waals surface area contributed by atoms with E-state index < -0.39 is 11.7 Å². The Hall–Kier alpha value is -2.64. The van der Waals surface area contributed by atoms with Gasteiger partial charge in [-0.2, -0.15) is 18.3 Å². The van der Waals surface area contributed by atoms with Crippen LogP contribution in [0.5, 0.6) is 0 Å². The van der Waals surface area contributed by atoms with Crippen molar-refractivity contribution < 1.29 is 13.2 Å². The van der Waals surface area contributed by atoms with Crippen molar-refractivity contribution >= 4 is 16.9 Å². The molecular weight excluding hydrogens is 319 g/mol. The zero-order chi connectivity index (χ0) is 16.7. The van der Waals surface area contributed by atoms with E-state index in [1.54, 1.807) is 12.4 Å². The van der Waals surface area contributed by atoms with Gasteiger partial charge in [0, 0.05) is 36.4 Å². The Labute approximate surface area is 135 Å². The van der Waals surface area contributed by atoms with Crippen LogP contribution in [0.2, 0.25) is 0 Å². The van der Waals surface area contributed by atoms with E-state index in [0.717, 1.165) is 38.1 Å². The molecule has 0 spiro atoms. The summed E-state index contributed by atoms with van der Waals surface area (Å²) in [5.41, 5.74) is 0.568. The van der Waals surface area contributed by atoms with Gasteiger partial charge in [0.1, 0.15) is 0 Å². The molecule has 0 unspecified atom stereocenters. The fourth-order valence-corrected chi connectivity index (χ4v) is 2.99. The van der Waals surface area contributed by atoms with Crippen LogP contribution in [0.1, 0.15) is 18.4 Å². The third-order valence-electron chi connectivity index (χ3n) is 4.22. The second-order valence-electron chi connectivity index (χ2n) is 5.82. The summed E-state index contributed by atoms with van der Waals surface area (Å²) in [6, 6.07) is 2.18. The highest BCUT2D eigenvalue weighted by molar-refractivity contribution is 5.94. The van der Waals surface area contributed by atoms with Gasteiger partial charge >= 0.3 is 6.18 Å². The van der Waals surface area contributed by atoms with E-state index in [1.165, 1.54) is 6.20 Å². The lowest BCUT2D eigenvalue weighted by Crippen LogP contribution is -2.20. The van der Waals surface area contributed by atoms with Crippen molar-refractivity contribution in [1.82, 2.24) is 20.2 Å². The fourth-order valence-electron chi connectivity index (χ4n) is 2.99. The average molecular weight is 333 g/mol. The molecule has 0 bridgehead atoms. The Bertz CT molecular complexity index is 864. The molecule has 0 saturated carbocycles. The van der Waals surface area contributed by atoms with Gasteiger partial charge < -0.3 is 4.90 Å². The van der Waals surface area contributed by atoms with Crippen LogP contribution in [0.4, 0.5) is 19.1 Å². The molecule has 1 N–H and O–H groups in total. The highest BCUT2D eigenvalue weighted by Crippen LogP contribution is 2.36. The molecule has 2 aromatic heterocycles. The average Bonchev–Trinajstić information content (AvgIpc) is 3.24. The molecular formula is C16H14F3N5. The van der Waals surface area contributed by atoms with Crippen LogP contribution in [0.3, 0.4) is 0 Å². The van der Waals surface area contributed by atoms with E-state index in [0.29, 0.717) is 28.0 Å². The van der Waals surface area contributed by atoms with Crippen molar-refractivity contribution in [3.8, 4) is 11.1 Å². The molecule has 5 nitrogen and oxygen atoms in total. The number of benzene rings is 1. The maximum absolute atomic E-state index is 13.1. The molecule has 4 rings (SSSR count). The van der Waals surface area contributed by atoms with Crippen LogP contribution < -0.4 is 4.90 Å². The molecule has 24 heavy (non-hydrogen) atoms. The van der Waals surface area contributed by atoms with Gasteiger partial charge in [0.05, 0.1) is 17.3 Å². The number of alkyl halides is 3. The van der Waals surface area contributed by atoms with Gasteiger partial charge in [-0.25, -0.2) is 9.97 Å². The molecule has 124 valence electrons. The summed E-state index contributed by atoms with van der Waals surface area (Å²) in [4.78, 5) is 10.7. The van der Waals surface area contributed by atoms with Gasteiger partial charge in [-0.1, -0.05) is 0 Å². The predicted octanol–water partition coefficient (Wildman–Crippen LogP) is 3.64. The van der Waals surface area contributed by atoms with Gasteiger partial charge in [0.2, 0.25) is 5.95 Å². The van der Waals surface area contributed by atoms with E-state index in [-0.39, 0.29) is 0 Å². The van der Waals surface area contributed by atoms with E-state index >= 15 is 0 Å². The molecule has 3 aromatic rings. The first-order valence-electron chi connectivity index (χ1n) is 7.64. The lowest BCUT2D eigenvalue weighted by atomic mass is 10.0. The molecule has 1 fully saturated rings. The molecule has 3 heterocycles. The Morgan fingerprint density at radius 3 is 2.38 bits per heavy atom. The lowest BCUT2D eigenvalue weighted by Gasteiger charge is -2.15. The first-order chi connectivity index (χ1) is 11.5. The number of aromatic amines is 1. The quantitative estimate of drug-likeness (QED) is 0.778. The van der Waals surface area contributed by atoms with Crippen LogP contribution in [-0.4, -0.2) is 33.3 Å². The number of H-pyrrole nitrogens is 1. The number of nitrogens with one attached hydrogen (secondary N) is 1. The summed E-state index contributed by atoms with van der Waals surface area (Å²) < 4.78 is 39.3. The second-order valence-corrected chi connectivity index (χ2v) is 5.82. The summed E-state index contributed by atoms with van der Waals surface area (Å²) in [6.07, 6.45) is 2.44. The van der Waals surface area contributed by atoms with Crippen molar-refractivity contribution in [2.45, 2.75) is 19.0 Å². The molecule has 1 aliphatic rings. The first-order valence-corrected chi connectivity index (χ1v) is 7.64. The molecule has 0 aliphatic carbocycles. The fraction of sp³-hybridized carbons (Fsp3) is 0.312.